The van der Waals surface area contributed by atoms with Gasteiger partial charge < -0.3 is 4.57 Å². The Morgan fingerprint density at radius 3 is 2.94 bits per heavy atom. The number of imidazole rings is 1. The van der Waals surface area contributed by atoms with Crippen molar-refractivity contribution in [2.45, 2.75) is 19.5 Å². The maximum Gasteiger partial charge on any atom is 0.106 e. The van der Waals surface area contributed by atoms with Gasteiger partial charge in [-0.15, -0.1) is 0 Å². The summed E-state index contributed by atoms with van der Waals surface area (Å²) in [5, 5.41) is 4.22. The second kappa shape index (κ2) is 4.46. The Bertz CT molecular complexity index is 457. The van der Waals surface area contributed by atoms with Crippen molar-refractivity contribution in [1.29, 1.82) is 0 Å². The van der Waals surface area contributed by atoms with Gasteiger partial charge in [-0.25, -0.2) is 10.4 Å². The Kier molecular flexibility index (Phi) is 3.02. The largest absolute Gasteiger partial charge is 0.340 e. The van der Waals surface area contributed by atoms with Crippen molar-refractivity contribution in [3.8, 4) is 0 Å². The molecule has 6 heteroatoms. The number of hydrogen-bond donors (Lipinski definition) is 2. The standard InChI is InChI=1S/C10H16N6/c1-3-16-9(4-5-13-16)10(14-11)8-6-15(2)7-12-8/h4-7,10,14H,3,11H2,1-2H3. The van der Waals surface area contributed by atoms with Crippen molar-refractivity contribution in [3.63, 3.8) is 0 Å². The molecule has 0 aliphatic rings. The number of hydrazine groups is 1. The molecule has 0 spiro atoms. The van der Waals surface area contributed by atoms with E-state index >= 15 is 0 Å². The lowest BCUT2D eigenvalue weighted by Crippen LogP contribution is -2.31. The third kappa shape index (κ3) is 1.84. The highest BCUT2D eigenvalue weighted by Crippen LogP contribution is 2.18. The molecule has 0 saturated heterocycles. The molecule has 3 N–H and O–H groups in total. The van der Waals surface area contributed by atoms with E-state index in [0.717, 1.165) is 17.9 Å². The van der Waals surface area contributed by atoms with Crippen molar-refractivity contribution in [3.05, 3.63) is 36.2 Å². The summed E-state index contributed by atoms with van der Waals surface area (Å²) in [7, 11) is 1.93. The van der Waals surface area contributed by atoms with Crippen LogP contribution in [0.1, 0.15) is 24.4 Å². The van der Waals surface area contributed by atoms with E-state index in [0.29, 0.717) is 0 Å². The van der Waals surface area contributed by atoms with Gasteiger partial charge in [0, 0.05) is 26.0 Å². The first kappa shape index (κ1) is 10.8. The van der Waals surface area contributed by atoms with Gasteiger partial charge in [0.25, 0.3) is 0 Å². The van der Waals surface area contributed by atoms with Crippen molar-refractivity contribution in [2.24, 2.45) is 12.9 Å². The van der Waals surface area contributed by atoms with Gasteiger partial charge in [0.05, 0.1) is 17.7 Å². The summed E-state index contributed by atoms with van der Waals surface area (Å²) in [6.07, 6.45) is 5.47. The van der Waals surface area contributed by atoms with E-state index in [4.69, 9.17) is 5.84 Å². The van der Waals surface area contributed by atoms with Crippen LogP contribution in [0, 0.1) is 0 Å². The van der Waals surface area contributed by atoms with E-state index in [2.05, 4.69) is 15.5 Å². The maximum absolute atomic E-state index is 5.59. The number of aryl methyl sites for hydroxylation is 2. The lowest BCUT2D eigenvalue weighted by atomic mass is 10.1. The summed E-state index contributed by atoms with van der Waals surface area (Å²) in [4.78, 5) is 4.30. The van der Waals surface area contributed by atoms with Gasteiger partial charge in [0.15, 0.2) is 0 Å². The Balaban J connectivity index is 2.36. The molecule has 0 bridgehead atoms. The molecule has 86 valence electrons. The van der Waals surface area contributed by atoms with E-state index in [1.165, 1.54) is 0 Å². The fourth-order valence-electron chi connectivity index (χ4n) is 1.76. The molecule has 0 saturated carbocycles. The molecule has 0 aliphatic carbocycles. The molecule has 0 aromatic carbocycles. The van der Waals surface area contributed by atoms with Crippen LogP contribution in [0.25, 0.3) is 0 Å². The minimum absolute atomic E-state index is 0.122. The molecule has 1 unspecified atom stereocenters. The van der Waals surface area contributed by atoms with Crippen LogP contribution >= 0.6 is 0 Å². The van der Waals surface area contributed by atoms with Gasteiger partial charge in [0.1, 0.15) is 6.04 Å². The molecule has 2 aromatic rings. The second-order valence-electron chi connectivity index (χ2n) is 3.64. The summed E-state index contributed by atoms with van der Waals surface area (Å²) in [6.45, 7) is 2.86. The SMILES string of the molecule is CCn1nccc1C(NN)c1cn(C)cn1. The molecular weight excluding hydrogens is 204 g/mol. The minimum atomic E-state index is -0.122. The monoisotopic (exact) mass is 220 g/mol. The number of rotatable bonds is 4. The number of hydrogen-bond acceptors (Lipinski definition) is 4. The fourth-order valence-corrected chi connectivity index (χ4v) is 1.76. The van der Waals surface area contributed by atoms with Crippen LogP contribution in [0.5, 0.6) is 0 Å². The van der Waals surface area contributed by atoms with Gasteiger partial charge in [0.2, 0.25) is 0 Å². The van der Waals surface area contributed by atoms with Gasteiger partial charge in [-0.3, -0.25) is 10.5 Å². The quantitative estimate of drug-likeness (QED) is 0.570. The Morgan fingerprint density at radius 1 is 1.56 bits per heavy atom. The number of nitrogens with zero attached hydrogens (tertiary/aromatic N) is 4. The Morgan fingerprint density at radius 2 is 2.38 bits per heavy atom. The third-order valence-electron chi connectivity index (χ3n) is 2.53. The predicted molar refractivity (Wildman–Crippen MR) is 60.3 cm³/mol. The first-order valence-electron chi connectivity index (χ1n) is 5.22. The smallest absolute Gasteiger partial charge is 0.106 e. The topological polar surface area (TPSA) is 73.7 Å². The van der Waals surface area contributed by atoms with Gasteiger partial charge in [-0.05, 0) is 13.0 Å². The summed E-state index contributed by atoms with van der Waals surface area (Å²) in [5.41, 5.74) is 4.68. The Labute approximate surface area is 94.1 Å². The van der Waals surface area contributed by atoms with E-state index in [9.17, 15) is 0 Å². The van der Waals surface area contributed by atoms with Crippen LogP contribution in [0.15, 0.2) is 24.8 Å². The average molecular weight is 220 g/mol. The number of nitrogens with two attached hydrogens (primary N) is 1. The van der Waals surface area contributed by atoms with E-state index < -0.39 is 0 Å². The molecular formula is C10H16N6. The van der Waals surface area contributed by atoms with Gasteiger partial charge in [-0.2, -0.15) is 5.10 Å². The molecule has 16 heavy (non-hydrogen) atoms. The van der Waals surface area contributed by atoms with E-state index in [1.807, 2.05) is 35.5 Å². The minimum Gasteiger partial charge on any atom is -0.340 e. The highest BCUT2D eigenvalue weighted by atomic mass is 15.3. The summed E-state index contributed by atoms with van der Waals surface area (Å²) >= 11 is 0. The van der Waals surface area contributed by atoms with E-state index in [-0.39, 0.29) is 6.04 Å². The average Bonchev–Trinajstić information content (AvgIpc) is 2.89. The lowest BCUT2D eigenvalue weighted by Gasteiger charge is -2.14. The molecule has 0 amide bonds. The highest BCUT2D eigenvalue weighted by Gasteiger charge is 2.18. The first-order valence-corrected chi connectivity index (χ1v) is 5.22. The van der Waals surface area contributed by atoms with Crippen LogP contribution < -0.4 is 11.3 Å². The number of nitrogens with one attached hydrogen (secondary N) is 1. The molecule has 2 rings (SSSR count). The molecule has 0 radical (unpaired) electrons. The molecule has 2 aromatic heterocycles. The summed E-state index contributed by atoms with van der Waals surface area (Å²) in [5.74, 6) is 5.59. The predicted octanol–water partition coefficient (Wildman–Crippen LogP) is 0.189. The summed E-state index contributed by atoms with van der Waals surface area (Å²) in [6, 6.07) is 1.83. The normalized spacial score (nSPS) is 12.9. The van der Waals surface area contributed by atoms with Crippen molar-refractivity contribution in [1.82, 2.24) is 24.8 Å². The van der Waals surface area contributed by atoms with Crippen LogP contribution in [0.3, 0.4) is 0 Å². The third-order valence-corrected chi connectivity index (χ3v) is 2.53. The Hall–Kier alpha value is -1.66. The van der Waals surface area contributed by atoms with Crippen LogP contribution in [0.2, 0.25) is 0 Å². The van der Waals surface area contributed by atoms with E-state index in [1.54, 1.807) is 12.5 Å². The first-order chi connectivity index (χ1) is 7.76. The fraction of sp³-hybridized carbons (Fsp3) is 0.400. The zero-order chi connectivity index (χ0) is 11.5. The number of aromatic nitrogens is 4. The van der Waals surface area contributed by atoms with Crippen LogP contribution in [-0.2, 0) is 13.6 Å². The van der Waals surface area contributed by atoms with Crippen molar-refractivity contribution < 1.29 is 0 Å². The van der Waals surface area contributed by atoms with Crippen LogP contribution in [-0.4, -0.2) is 19.3 Å². The van der Waals surface area contributed by atoms with Crippen molar-refractivity contribution in [2.75, 3.05) is 0 Å². The lowest BCUT2D eigenvalue weighted by molar-refractivity contribution is 0.536. The van der Waals surface area contributed by atoms with Crippen LogP contribution in [0.4, 0.5) is 0 Å². The molecule has 2 heterocycles. The summed E-state index contributed by atoms with van der Waals surface area (Å²) < 4.78 is 3.80. The molecule has 0 aliphatic heterocycles. The molecule has 1 atom stereocenters. The zero-order valence-corrected chi connectivity index (χ0v) is 9.46. The highest BCUT2D eigenvalue weighted by molar-refractivity contribution is 5.19. The van der Waals surface area contributed by atoms with Gasteiger partial charge in [-0.1, -0.05) is 0 Å². The van der Waals surface area contributed by atoms with Crippen molar-refractivity contribution >= 4 is 0 Å². The molecule has 6 nitrogen and oxygen atoms in total. The molecule has 0 fully saturated rings. The maximum atomic E-state index is 5.59. The van der Waals surface area contributed by atoms with Gasteiger partial charge >= 0.3 is 0 Å². The zero-order valence-electron chi connectivity index (χ0n) is 9.46. The second-order valence-corrected chi connectivity index (χ2v) is 3.64.